The number of carbonyl (C=O) groups excluding carboxylic acids is 1. The van der Waals surface area contributed by atoms with Crippen LogP contribution in [0, 0.1) is 6.92 Å². The number of benzene rings is 1. The lowest BCUT2D eigenvalue weighted by Gasteiger charge is -2.07. The molecule has 0 unspecified atom stereocenters. The fourth-order valence-corrected chi connectivity index (χ4v) is 1.29. The van der Waals surface area contributed by atoms with Gasteiger partial charge in [-0.1, -0.05) is 11.6 Å². The number of nitrogens with two attached hydrogens (primary N) is 1. The highest BCUT2D eigenvalue weighted by molar-refractivity contribution is 6.33. The third-order valence-electron chi connectivity index (χ3n) is 1.91. The van der Waals surface area contributed by atoms with Crippen LogP contribution in [0.4, 0.5) is 5.69 Å². The number of anilines is 1. The second-order valence-corrected chi connectivity index (χ2v) is 3.12. The van der Waals surface area contributed by atoms with Crippen LogP contribution in [-0.4, -0.2) is 17.5 Å². The number of halogens is 1. The summed E-state index contributed by atoms with van der Waals surface area (Å²) in [7, 11) is 0. The van der Waals surface area contributed by atoms with Crippen molar-refractivity contribution in [3.8, 4) is 0 Å². The molecule has 0 radical (unpaired) electrons. The summed E-state index contributed by atoms with van der Waals surface area (Å²) in [5.41, 5.74) is 7.04. The summed E-state index contributed by atoms with van der Waals surface area (Å²) in [4.78, 5) is 11.1. The Hall–Kier alpha value is -1.06. The minimum atomic E-state index is -0.512. The highest BCUT2D eigenvalue weighted by Gasteiger charge is 2.11. The van der Waals surface area contributed by atoms with E-state index in [9.17, 15) is 4.79 Å². The van der Waals surface area contributed by atoms with E-state index in [0.29, 0.717) is 21.8 Å². The largest absolute Gasteiger partial charge is 0.397 e. The Labute approximate surface area is 81.1 Å². The Morgan fingerprint density at radius 3 is 2.77 bits per heavy atom. The van der Waals surface area contributed by atoms with Gasteiger partial charge in [-0.3, -0.25) is 4.79 Å². The van der Waals surface area contributed by atoms with E-state index in [-0.39, 0.29) is 5.78 Å². The van der Waals surface area contributed by atoms with Crippen molar-refractivity contribution in [3.63, 3.8) is 0 Å². The Balaban J connectivity index is 3.26. The standard InChI is InChI=1S/C9H10ClNO2/c1-5-6(8(13)4-12)2-3-7(10)9(5)11/h2-3,12H,4,11H2,1H3. The van der Waals surface area contributed by atoms with Crippen LogP contribution in [0.15, 0.2) is 12.1 Å². The predicted octanol–water partition coefficient (Wildman–Crippen LogP) is 1.41. The molecule has 0 aromatic heterocycles. The number of rotatable bonds is 2. The molecule has 13 heavy (non-hydrogen) atoms. The van der Waals surface area contributed by atoms with Crippen molar-refractivity contribution in [3.05, 3.63) is 28.3 Å². The molecule has 0 aliphatic rings. The summed E-state index contributed by atoms with van der Waals surface area (Å²) in [6.45, 7) is 1.19. The quantitative estimate of drug-likeness (QED) is 0.559. The van der Waals surface area contributed by atoms with E-state index in [0.717, 1.165) is 0 Å². The number of nitrogen functional groups attached to an aromatic ring is 1. The average molecular weight is 200 g/mol. The molecule has 1 rings (SSSR count). The maximum Gasteiger partial charge on any atom is 0.188 e. The molecule has 0 aliphatic heterocycles. The first kappa shape index (κ1) is 10.0. The number of Topliss-reactive ketones (excluding diaryl/α,β-unsaturated/α-hetero) is 1. The van der Waals surface area contributed by atoms with Gasteiger partial charge in [-0.15, -0.1) is 0 Å². The van der Waals surface area contributed by atoms with Gasteiger partial charge in [0.2, 0.25) is 0 Å². The third-order valence-corrected chi connectivity index (χ3v) is 2.24. The van der Waals surface area contributed by atoms with Crippen molar-refractivity contribution in [1.82, 2.24) is 0 Å². The number of carbonyl (C=O) groups is 1. The van der Waals surface area contributed by atoms with Gasteiger partial charge in [0.1, 0.15) is 6.61 Å². The van der Waals surface area contributed by atoms with Crippen LogP contribution < -0.4 is 5.73 Å². The molecule has 3 N–H and O–H groups in total. The van der Waals surface area contributed by atoms with Gasteiger partial charge >= 0.3 is 0 Å². The first-order chi connectivity index (χ1) is 6.07. The number of hydrogen-bond acceptors (Lipinski definition) is 3. The summed E-state index contributed by atoms with van der Waals surface area (Å²) in [6.07, 6.45) is 0. The zero-order chi connectivity index (χ0) is 10.0. The molecule has 0 fully saturated rings. The summed E-state index contributed by atoms with van der Waals surface area (Å²) < 4.78 is 0. The Bertz CT molecular complexity index is 350. The summed E-state index contributed by atoms with van der Waals surface area (Å²) in [5.74, 6) is -0.346. The van der Waals surface area contributed by atoms with Crippen molar-refractivity contribution in [1.29, 1.82) is 0 Å². The van der Waals surface area contributed by atoms with Crippen LogP contribution >= 0.6 is 11.6 Å². The average Bonchev–Trinajstić information content (AvgIpc) is 2.13. The number of ketones is 1. The third kappa shape index (κ3) is 1.82. The Kier molecular flexibility index (Phi) is 2.90. The van der Waals surface area contributed by atoms with E-state index in [1.165, 1.54) is 0 Å². The highest BCUT2D eigenvalue weighted by Crippen LogP contribution is 2.25. The number of aliphatic hydroxyl groups is 1. The second kappa shape index (κ2) is 3.77. The molecule has 0 bridgehead atoms. The van der Waals surface area contributed by atoms with Gasteiger partial charge in [-0.2, -0.15) is 0 Å². The molecule has 4 heteroatoms. The first-order valence-corrected chi connectivity index (χ1v) is 4.14. The minimum absolute atomic E-state index is 0.346. The molecule has 70 valence electrons. The molecular formula is C9H10ClNO2. The molecule has 0 atom stereocenters. The minimum Gasteiger partial charge on any atom is -0.397 e. The molecule has 1 aromatic rings. The summed E-state index contributed by atoms with van der Waals surface area (Å²) in [6, 6.07) is 3.11. The topological polar surface area (TPSA) is 63.3 Å². The Morgan fingerprint density at radius 1 is 1.62 bits per heavy atom. The van der Waals surface area contributed by atoms with E-state index in [1.807, 2.05) is 0 Å². The first-order valence-electron chi connectivity index (χ1n) is 3.76. The van der Waals surface area contributed by atoms with Crippen molar-refractivity contribution in [2.45, 2.75) is 6.92 Å². The molecule has 3 nitrogen and oxygen atoms in total. The molecule has 0 saturated heterocycles. The predicted molar refractivity (Wildman–Crippen MR) is 52.0 cm³/mol. The number of aliphatic hydroxyl groups excluding tert-OH is 1. The van der Waals surface area contributed by atoms with E-state index in [4.69, 9.17) is 22.4 Å². The smallest absolute Gasteiger partial charge is 0.188 e. The van der Waals surface area contributed by atoms with Crippen LogP contribution in [0.1, 0.15) is 15.9 Å². The fourth-order valence-electron chi connectivity index (χ4n) is 1.08. The van der Waals surface area contributed by atoms with Crippen LogP contribution in [0.5, 0.6) is 0 Å². The molecule has 0 aliphatic carbocycles. The van der Waals surface area contributed by atoms with Crippen molar-refractivity contribution >= 4 is 23.1 Å². The zero-order valence-electron chi connectivity index (χ0n) is 7.17. The second-order valence-electron chi connectivity index (χ2n) is 2.71. The van der Waals surface area contributed by atoms with Gasteiger partial charge in [0.25, 0.3) is 0 Å². The van der Waals surface area contributed by atoms with Crippen molar-refractivity contribution in [2.24, 2.45) is 0 Å². The lowest BCUT2D eigenvalue weighted by atomic mass is 10.0. The van der Waals surface area contributed by atoms with Gasteiger partial charge in [0.05, 0.1) is 10.7 Å². The normalized spacial score (nSPS) is 10.1. The maximum absolute atomic E-state index is 11.1. The van der Waals surface area contributed by atoms with E-state index >= 15 is 0 Å². The summed E-state index contributed by atoms with van der Waals surface area (Å²) in [5, 5.41) is 9.07. The Morgan fingerprint density at radius 2 is 2.23 bits per heavy atom. The van der Waals surface area contributed by atoms with Crippen LogP contribution in [0.25, 0.3) is 0 Å². The maximum atomic E-state index is 11.1. The van der Waals surface area contributed by atoms with E-state index in [2.05, 4.69) is 0 Å². The highest BCUT2D eigenvalue weighted by atomic mass is 35.5. The fraction of sp³-hybridized carbons (Fsp3) is 0.222. The van der Waals surface area contributed by atoms with Crippen LogP contribution in [0.3, 0.4) is 0 Å². The van der Waals surface area contributed by atoms with Gasteiger partial charge in [-0.05, 0) is 24.6 Å². The molecule has 0 saturated carbocycles. The monoisotopic (exact) mass is 199 g/mol. The SMILES string of the molecule is Cc1c(C(=O)CO)ccc(Cl)c1N. The van der Waals surface area contributed by atoms with Crippen molar-refractivity contribution in [2.75, 3.05) is 12.3 Å². The lowest BCUT2D eigenvalue weighted by molar-refractivity contribution is 0.0903. The molecule has 0 spiro atoms. The van der Waals surface area contributed by atoms with E-state index < -0.39 is 6.61 Å². The van der Waals surface area contributed by atoms with Crippen LogP contribution in [-0.2, 0) is 0 Å². The zero-order valence-corrected chi connectivity index (χ0v) is 7.93. The molecular weight excluding hydrogens is 190 g/mol. The van der Waals surface area contributed by atoms with Gasteiger partial charge < -0.3 is 10.8 Å². The molecule has 1 aromatic carbocycles. The van der Waals surface area contributed by atoms with Gasteiger partial charge in [0, 0.05) is 5.56 Å². The van der Waals surface area contributed by atoms with E-state index in [1.54, 1.807) is 19.1 Å². The van der Waals surface area contributed by atoms with Crippen LogP contribution in [0.2, 0.25) is 5.02 Å². The number of hydrogen-bond donors (Lipinski definition) is 2. The summed E-state index contributed by atoms with van der Waals surface area (Å²) >= 11 is 5.74. The van der Waals surface area contributed by atoms with Gasteiger partial charge in [-0.25, -0.2) is 0 Å². The lowest BCUT2D eigenvalue weighted by Crippen LogP contribution is -2.08. The molecule has 0 amide bonds. The van der Waals surface area contributed by atoms with Gasteiger partial charge in [0.15, 0.2) is 5.78 Å². The van der Waals surface area contributed by atoms with Crippen molar-refractivity contribution < 1.29 is 9.90 Å². The molecule has 0 heterocycles.